The summed E-state index contributed by atoms with van der Waals surface area (Å²) in [5, 5.41) is 9.50. The first-order valence-corrected chi connectivity index (χ1v) is 41.1. The molecule has 0 radical (unpaired) electrons. The minimum absolute atomic E-state index is 0.000388. The van der Waals surface area contributed by atoms with Gasteiger partial charge in [0.25, 0.3) is 0 Å². The molecule has 4 atom stereocenters. The predicted octanol–water partition coefficient (Wildman–Crippen LogP) is 9.44. The highest BCUT2D eigenvalue weighted by molar-refractivity contribution is 8.77. The summed E-state index contributed by atoms with van der Waals surface area (Å²) in [6.45, 7) is 12.6. The van der Waals surface area contributed by atoms with E-state index in [4.69, 9.17) is 135 Å². The second-order valence-corrected chi connectivity index (χ2v) is 32.5. The van der Waals surface area contributed by atoms with E-state index in [-0.39, 0.29) is 235 Å². The topological polar surface area (TPSA) is 361 Å². The van der Waals surface area contributed by atoms with Gasteiger partial charge in [0, 0.05) is 69.2 Å². The summed E-state index contributed by atoms with van der Waals surface area (Å²) in [5.74, 6) is -2.95. The SMILES string of the molecule is CNCCCC[C@H](NC(=O)[C@H](CSSC(C)(C)C)CC(=O)COCOCOCOCOCOCOCOCOCOCOCOCOCOCOCOCOCOCOCOCOCOCOCOC)C(=O)C[C@@H](CSSC(C)(C)C)C(=O)NCCOCCC(=O)OC(c1ccccc1)(c1ccc(C)cc1)c1ccccc1Cl. The molecule has 3 N–H and O–H groups in total. The number of carbonyl (C=O) groups excluding carboxylic acids is 5. The monoisotopic (exact) mass is 1710 g/mol. The number of halogens is 1. The van der Waals surface area contributed by atoms with Crippen molar-refractivity contribution in [2.24, 2.45) is 11.8 Å². The predicted molar refractivity (Wildman–Crippen MR) is 418 cm³/mol. The van der Waals surface area contributed by atoms with Gasteiger partial charge in [-0.15, -0.1) is 0 Å². The molecule has 0 spiro atoms. The zero-order valence-corrected chi connectivity index (χ0v) is 70.4. The Bertz CT molecular complexity index is 2870. The first-order valence-electron chi connectivity index (χ1n) is 36.1. The van der Waals surface area contributed by atoms with Crippen LogP contribution in [0.1, 0.15) is 102 Å². The van der Waals surface area contributed by atoms with Crippen LogP contribution in [0.3, 0.4) is 0 Å². The Balaban J connectivity index is 1.26. The standard InChI is InChI=1S/C74H118ClN3O31S4/c1-59-22-24-63(25-23-59)74(62-17-11-10-12-18-62,65-19-13-14-20-66(65)75)109-69(81)26-29-85-30-28-77-70(82)61(35-111-113-73(5,6)7)32-68(80)67(21-15-16-27-76-8)78-71(83)60(34-110-112-72(2,3)4)31-64(79)33-86-37-88-39-90-41-92-43-94-45-96-47-98-49-100-51-102-53-104-55-106-57-108-58-107-56-105-54-103-52-101-50-99-48-97-46-95-44-93-42-91-40-89-38-87-36-84-9/h10-14,17-20,22-25,60-61,67,76H,15-16,21,26-58H2,1-9H3,(H,77,82)(H,78,83)/t60-,61-,67-,74?/m0/s1. The molecule has 0 saturated heterocycles. The van der Waals surface area contributed by atoms with E-state index >= 15 is 0 Å². The summed E-state index contributed by atoms with van der Waals surface area (Å²) in [7, 11) is 9.48. The highest BCUT2D eigenvalue weighted by Gasteiger charge is 2.42. The summed E-state index contributed by atoms with van der Waals surface area (Å²) in [6.07, 6.45) is 1.26. The number of ether oxygens (including phenoxy) is 26. The van der Waals surface area contributed by atoms with Crippen molar-refractivity contribution in [3.63, 3.8) is 0 Å². The quantitative estimate of drug-likeness (QED) is 0.0156. The van der Waals surface area contributed by atoms with Crippen molar-refractivity contribution in [2.45, 2.75) is 108 Å². The van der Waals surface area contributed by atoms with E-state index in [0.29, 0.717) is 41.3 Å². The molecule has 0 aliphatic carbocycles. The third kappa shape index (κ3) is 54.0. The molecule has 1 unspecified atom stereocenters. The van der Waals surface area contributed by atoms with E-state index in [1.54, 1.807) is 27.7 Å². The largest absolute Gasteiger partial charge is 0.444 e. The van der Waals surface area contributed by atoms with Crippen LogP contribution >= 0.6 is 54.8 Å². The number of carbonyl (C=O) groups is 5. The van der Waals surface area contributed by atoms with Crippen LogP contribution in [0.2, 0.25) is 5.02 Å². The number of methoxy groups -OCH3 is 1. The lowest BCUT2D eigenvalue weighted by Crippen LogP contribution is -2.46. The molecule has 0 aromatic heterocycles. The van der Waals surface area contributed by atoms with Gasteiger partial charge in [0.2, 0.25) is 11.8 Å². The number of amides is 2. The number of rotatable bonds is 77. The van der Waals surface area contributed by atoms with Crippen LogP contribution in [0.25, 0.3) is 0 Å². The maximum atomic E-state index is 14.5. The Morgan fingerprint density at radius 2 is 0.823 bits per heavy atom. The van der Waals surface area contributed by atoms with Crippen LogP contribution in [0, 0.1) is 18.8 Å². The maximum Gasteiger partial charge on any atom is 0.309 e. The molecule has 0 bridgehead atoms. The molecule has 0 aliphatic rings. The van der Waals surface area contributed by atoms with Crippen LogP contribution in [-0.4, -0.2) is 260 Å². The number of aryl methyl sites for hydroxylation is 1. The van der Waals surface area contributed by atoms with Gasteiger partial charge in [-0.05, 0) is 45.8 Å². The van der Waals surface area contributed by atoms with E-state index in [2.05, 4.69) is 36.7 Å². The van der Waals surface area contributed by atoms with Crippen molar-refractivity contribution in [3.8, 4) is 0 Å². The van der Waals surface area contributed by atoms with Crippen molar-refractivity contribution in [1.29, 1.82) is 0 Å². The fraction of sp³-hybridized carbons (Fsp3) is 0.689. The highest BCUT2D eigenvalue weighted by atomic mass is 35.5. The number of esters is 1. The second-order valence-electron chi connectivity index (χ2n) is 25.8. The van der Waals surface area contributed by atoms with Gasteiger partial charge in [-0.1, -0.05) is 175 Å². The molecular weight excluding hydrogens is 1590 g/mol. The third-order valence-electron chi connectivity index (χ3n) is 14.0. The fourth-order valence-electron chi connectivity index (χ4n) is 9.02. The van der Waals surface area contributed by atoms with E-state index in [0.717, 1.165) is 17.5 Å². The van der Waals surface area contributed by atoms with Gasteiger partial charge in [0.15, 0.2) is 160 Å². The van der Waals surface area contributed by atoms with Gasteiger partial charge in [0.1, 0.15) is 20.2 Å². The molecule has 39 heteroatoms. The number of Topliss-reactive ketones (excluding diaryl/α,β-unsaturated/α-hetero) is 2. The Kier molecular flexibility index (Phi) is 62.0. The minimum Gasteiger partial charge on any atom is -0.444 e. The lowest BCUT2D eigenvalue weighted by molar-refractivity contribution is -0.242. The second kappa shape index (κ2) is 67.9. The van der Waals surface area contributed by atoms with Crippen molar-refractivity contribution in [1.82, 2.24) is 16.0 Å². The van der Waals surface area contributed by atoms with Crippen LogP contribution in [-0.2, 0) is 153 Å². The van der Waals surface area contributed by atoms with Crippen molar-refractivity contribution >= 4 is 84.1 Å². The summed E-state index contributed by atoms with van der Waals surface area (Å²) >= 11 is 6.87. The fourth-order valence-corrected chi connectivity index (χ4v) is 14.5. The number of benzene rings is 3. The molecule has 113 heavy (non-hydrogen) atoms. The average molecular weight is 1710 g/mol. The Labute approximate surface area is 684 Å². The average Bonchev–Trinajstić information content (AvgIpc) is 0.747. The van der Waals surface area contributed by atoms with Crippen LogP contribution in [0.4, 0.5) is 0 Å². The first kappa shape index (κ1) is 103. The van der Waals surface area contributed by atoms with E-state index in [9.17, 15) is 24.0 Å². The zero-order chi connectivity index (χ0) is 82.0. The minimum atomic E-state index is -1.37. The normalized spacial score (nSPS) is 13.2. The molecule has 0 heterocycles. The zero-order valence-electron chi connectivity index (χ0n) is 66.4. The highest BCUT2D eigenvalue weighted by Crippen LogP contribution is 2.44. The Morgan fingerprint density at radius 1 is 0.434 bits per heavy atom. The van der Waals surface area contributed by atoms with Crippen LogP contribution in [0.15, 0.2) is 78.9 Å². The molecule has 0 fully saturated rings. The number of hydrogen-bond acceptors (Lipinski definition) is 36. The number of ketones is 2. The number of nitrogens with one attached hydrogen (secondary N) is 3. The molecule has 0 saturated carbocycles. The molecule has 34 nitrogen and oxygen atoms in total. The van der Waals surface area contributed by atoms with Crippen molar-refractivity contribution in [2.75, 3.05) is 215 Å². The smallest absolute Gasteiger partial charge is 0.309 e. The first-order chi connectivity index (χ1) is 54.8. The Hall–Kier alpha value is -3.94. The lowest BCUT2D eigenvalue weighted by Gasteiger charge is -2.36. The summed E-state index contributed by atoms with van der Waals surface area (Å²) in [5.41, 5.74) is 1.70. The van der Waals surface area contributed by atoms with Gasteiger partial charge in [-0.2, -0.15) is 0 Å². The molecule has 0 aliphatic heterocycles. The van der Waals surface area contributed by atoms with Crippen molar-refractivity contribution in [3.05, 3.63) is 106 Å². The van der Waals surface area contributed by atoms with Crippen molar-refractivity contribution < 1.29 is 147 Å². The molecular formula is C74H118ClN3O31S4. The van der Waals surface area contributed by atoms with E-state index in [1.807, 2.05) is 108 Å². The number of hydrogen-bond donors (Lipinski definition) is 3. The van der Waals surface area contributed by atoms with Gasteiger partial charge in [0.05, 0.1) is 37.5 Å². The van der Waals surface area contributed by atoms with E-state index < -0.39 is 35.4 Å². The summed E-state index contributed by atoms with van der Waals surface area (Å²) in [6, 6.07) is 23.6. The summed E-state index contributed by atoms with van der Waals surface area (Å²) in [4.78, 5) is 70.2. The maximum absolute atomic E-state index is 14.5. The molecule has 646 valence electrons. The third-order valence-corrected chi connectivity index (χ3v) is 21.1. The van der Waals surface area contributed by atoms with E-state index in [1.165, 1.54) is 28.7 Å². The van der Waals surface area contributed by atoms with Gasteiger partial charge >= 0.3 is 5.97 Å². The molecule has 3 aromatic rings. The van der Waals surface area contributed by atoms with Crippen LogP contribution < -0.4 is 16.0 Å². The van der Waals surface area contributed by atoms with Gasteiger partial charge in [-0.25, -0.2) is 0 Å². The number of unbranched alkanes of at least 4 members (excludes halogenated alkanes) is 1. The lowest BCUT2D eigenvalue weighted by atomic mass is 9.79. The molecule has 3 rings (SSSR count). The van der Waals surface area contributed by atoms with Gasteiger partial charge in [-0.3, -0.25) is 24.0 Å². The Morgan fingerprint density at radius 3 is 1.23 bits per heavy atom. The summed E-state index contributed by atoms with van der Waals surface area (Å²) < 4.78 is 135. The van der Waals surface area contributed by atoms with Crippen LogP contribution in [0.5, 0.6) is 0 Å². The molecule has 3 aromatic carbocycles. The molecule has 2 amide bonds. The van der Waals surface area contributed by atoms with Gasteiger partial charge < -0.3 is 139 Å².